The van der Waals surface area contributed by atoms with Crippen LogP contribution in [-0.2, 0) is 4.74 Å². The van der Waals surface area contributed by atoms with E-state index in [1.54, 1.807) is 0 Å². The van der Waals surface area contributed by atoms with E-state index in [0.717, 1.165) is 6.61 Å². The molecule has 1 aromatic rings. The number of aromatic amines is 1. The molecule has 0 aliphatic carbocycles. The molecular weight excluding hydrogens is 214 g/mol. The van der Waals surface area contributed by atoms with Gasteiger partial charge in [-0.1, -0.05) is 0 Å². The summed E-state index contributed by atoms with van der Waals surface area (Å²) >= 11 is 0. The number of rotatable bonds is 2. The van der Waals surface area contributed by atoms with Crippen LogP contribution in [0.5, 0.6) is 0 Å². The maximum Gasteiger partial charge on any atom is 0.330 e. The van der Waals surface area contributed by atoms with Crippen LogP contribution in [0.2, 0.25) is 0 Å². The highest BCUT2D eigenvalue weighted by molar-refractivity contribution is 4.91. The molecule has 3 atom stereocenters. The Morgan fingerprint density at radius 2 is 2.38 bits per heavy atom. The van der Waals surface area contributed by atoms with Crippen molar-refractivity contribution in [2.24, 2.45) is 5.73 Å². The third-order valence-electron chi connectivity index (χ3n) is 2.52. The molecule has 0 amide bonds. The zero-order chi connectivity index (χ0) is 11.7. The maximum absolute atomic E-state index is 11.4. The number of ether oxygens (including phenoxy) is 1. The Morgan fingerprint density at radius 1 is 1.62 bits per heavy atom. The van der Waals surface area contributed by atoms with Gasteiger partial charge >= 0.3 is 5.69 Å². The predicted octanol–water partition coefficient (Wildman–Crippen LogP) is -1.31. The Hall–Kier alpha value is -1.44. The lowest BCUT2D eigenvalue weighted by Crippen LogP contribution is -2.31. The highest BCUT2D eigenvalue weighted by Gasteiger charge is 2.33. The van der Waals surface area contributed by atoms with Crippen LogP contribution in [-0.4, -0.2) is 26.8 Å². The van der Waals surface area contributed by atoms with Gasteiger partial charge < -0.3 is 15.6 Å². The van der Waals surface area contributed by atoms with Crippen molar-refractivity contribution in [1.82, 2.24) is 9.55 Å². The second-order valence-corrected chi connectivity index (χ2v) is 3.62. The van der Waals surface area contributed by atoms with Crippen LogP contribution in [0.4, 0.5) is 0 Å². The number of aliphatic hydroxyl groups excluding tert-OH is 1. The van der Waals surface area contributed by atoms with Crippen molar-refractivity contribution >= 4 is 0 Å². The topological polar surface area (TPSA) is 110 Å². The second-order valence-electron chi connectivity index (χ2n) is 3.62. The molecule has 2 rings (SSSR count). The van der Waals surface area contributed by atoms with Crippen LogP contribution in [0.3, 0.4) is 0 Å². The first-order valence-electron chi connectivity index (χ1n) is 4.82. The van der Waals surface area contributed by atoms with Gasteiger partial charge in [0.2, 0.25) is 0 Å². The summed E-state index contributed by atoms with van der Waals surface area (Å²) in [5.74, 6) is 0. The van der Waals surface area contributed by atoms with Crippen molar-refractivity contribution in [3.05, 3.63) is 39.7 Å². The summed E-state index contributed by atoms with van der Waals surface area (Å²) in [7, 11) is 0. The number of hydrogen-bond donors (Lipinski definition) is 3. The molecule has 0 saturated carbocycles. The largest absolute Gasteiger partial charge is 0.388 e. The molecule has 1 aliphatic rings. The summed E-state index contributed by atoms with van der Waals surface area (Å²) < 4.78 is 6.58. The number of H-pyrrole nitrogens is 1. The highest BCUT2D eigenvalue weighted by atomic mass is 16.5. The fourth-order valence-corrected chi connectivity index (χ4v) is 1.68. The summed E-state index contributed by atoms with van der Waals surface area (Å²) in [6.45, 7) is 0.862. The van der Waals surface area contributed by atoms with Crippen LogP contribution < -0.4 is 17.0 Å². The van der Waals surface area contributed by atoms with Crippen molar-refractivity contribution in [1.29, 1.82) is 0 Å². The quantitative estimate of drug-likeness (QED) is 0.579. The Balaban J connectivity index is 2.27. The van der Waals surface area contributed by atoms with E-state index < -0.39 is 23.6 Å². The van der Waals surface area contributed by atoms with E-state index in [0.29, 0.717) is 6.42 Å². The van der Waals surface area contributed by atoms with E-state index in [1.165, 1.54) is 16.8 Å². The summed E-state index contributed by atoms with van der Waals surface area (Å²) in [6.07, 6.45) is 0.586. The molecule has 0 aromatic carbocycles. The number of aliphatic hydroxyl groups is 1. The molecule has 0 spiro atoms. The van der Waals surface area contributed by atoms with Gasteiger partial charge in [-0.05, 0) is 0 Å². The van der Waals surface area contributed by atoms with E-state index in [1.807, 2.05) is 0 Å². The van der Waals surface area contributed by atoms with Gasteiger partial charge in [0.15, 0.2) is 0 Å². The van der Waals surface area contributed by atoms with E-state index in [2.05, 4.69) is 4.98 Å². The van der Waals surface area contributed by atoms with Crippen molar-refractivity contribution in [2.75, 3.05) is 0 Å². The third kappa shape index (κ3) is 1.92. The Bertz CT molecular complexity index is 480. The summed E-state index contributed by atoms with van der Waals surface area (Å²) in [6, 6.07) is 0.862. The standard InChI is InChI=1S/C9H12N3O4/c10-5-3-8(16-6(5)4-13)12-2-1-7(14)11-9(12)15/h1-2,4-6,8,13H,3,10H2,(H,11,14,15)/t5?,6-,8-/m1/s1. The molecule has 1 aliphatic heterocycles. The molecule has 4 N–H and O–H groups in total. The minimum absolute atomic E-state index is 0.367. The zero-order valence-corrected chi connectivity index (χ0v) is 8.37. The molecule has 1 fully saturated rings. The molecule has 1 radical (unpaired) electrons. The maximum atomic E-state index is 11.4. The Labute approximate surface area is 90.5 Å². The van der Waals surface area contributed by atoms with Gasteiger partial charge in [-0.3, -0.25) is 14.3 Å². The molecule has 0 bridgehead atoms. The number of hydrogen-bond acceptors (Lipinski definition) is 5. The molecule has 1 saturated heterocycles. The smallest absolute Gasteiger partial charge is 0.330 e. The number of nitrogens with one attached hydrogen (secondary N) is 1. The fraction of sp³-hybridized carbons (Fsp3) is 0.444. The molecular formula is C9H12N3O4. The molecule has 7 nitrogen and oxygen atoms in total. The summed E-state index contributed by atoms with van der Waals surface area (Å²) in [5.41, 5.74) is 4.68. The van der Waals surface area contributed by atoms with E-state index >= 15 is 0 Å². The van der Waals surface area contributed by atoms with E-state index in [-0.39, 0.29) is 6.04 Å². The lowest BCUT2D eigenvalue weighted by atomic mass is 10.1. The zero-order valence-electron chi connectivity index (χ0n) is 8.37. The van der Waals surface area contributed by atoms with Crippen LogP contribution >= 0.6 is 0 Å². The van der Waals surface area contributed by atoms with Gasteiger partial charge in [-0.25, -0.2) is 4.79 Å². The van der Waals surface area contributed by atoms with Crippen LogP contribution in [0.15, 0.2) is 21.9 Å². The lowest BCUT2D eigenvalue weighted by Gasteiger charge is -2.13. The second kappa shape index (κ2) is 4.20. The third-order valence-corrected chi connectivity index (χ3v) is 2.52. The SMILES string of the molecule is NC1C[C@H](n2ccc(=O)[nH]c2=O)O[C@@H]1[CH]O. The number of nitrogens with zero attached hydrogens (tertiary/aromatic N) is 1. The van der Waals surface area contributed by atoms with Crippen LogP contribution in [0.25, 0.3) is 0 Å². The average molecular weight is 226 g/mol. The van der Waals surface area contributed by atoms with E-state index in [9.17, 15) is 9.59 Å². The minimum Gasteiger partial charge on any atom is -0.388 e. The Morgan fingerprint density at radius 3 is 2.94 bits per heavy atom. The normalized spacial score (nSPS) is 29.5. The van der Waals surface area contributed by atoms with E-state index in [4.69, 9.17) is 15.6 Å². The molecule has 7 heteroatoms. The number of nitrogens with two attached hydrogens (primary N) is 1. The Kier molecular flexibility index (Phi) is 2.90. The average Bonchev–Trinajstić information content (AvgIpc) is 2.59. The van der Waals surface area contributed by atoms with Gasteiger partial charge in [0.1, 0.15) is 18.9 Å². The van der Waals surface area contributed by atoms with Crippen LogP contribution in [0, 0.1) is 6.61 Å². The van der Waals surface area contributed by atoms with Crippen LogP contribution in [0.1, 0.15) is 12.6 Å². The number of aromatic nitrogens is 2. The van der Waals surface area contributed by atoms with Crippen molar-refractivity contribution in [3.63, 3.8) is 0 Å². The first-order valence-corrected chi connectivity index (χ1v) is 4.82. The van der Waals surface area contributed by atoms with Crippen molar-refractivity contribution in [2.45, 2.75) is 24.8 Å². The van der Waals surface area contributed by atoms with Gasteiger partial charge in [-0.15, -0.1) is 0 Å². The van der Waals surface area contributed by atoms with Crippen molar-refractivity contribution < 1.29 is 9.84 Å². The van der Waals surface area contributed by atoms with Gasteiger partial charge in [0.25, 0.3) is 5.56 Å². The molecule has 2 heterocycles. The van der Waals surface area contributed by atoms with Gasteiger partial charge in [0.05, 0.1) is 0 Å². The molecule has 87 valence electrons. The summed E-state index contributed by atoms with van der Waals surface area (Å²) in [4.78, 5) is 24.4. The first kappa shape index (κ1) is 11.1. The molecule has 16 heavy (non-hydrogen) atoms. The first-order chi connectivity index (χ1) is 7.61. The highest BCUT2D eigenvalue weighted by Crippen LogP contribution is 2.26. The van der Waals surface area contributed by atoms with Gasteiger partial charge in [-0.2, -0.15) is 0 Å². The monoisotopic (exact) mass is 226 g/mol. The minimum atomic E-state index is -0.594. The fourth-order valence-electron chi connectivity index (χ4n) is 1.68. The van der Waals surface area contributed by atoms with Gasteiger partial charge in [0, 0.05) is 24.7 Å². The lowest BCUT2D eigenvalue weighted by molar-refractivity contribution is -0.00630. The summed E-state index contributed by atoms with van der Waals surface area (Å²) in [5, 5.41) is 8.84. The van der Waals surface area contributed by atoms with Crippen molar-refractivity contribution in [3.8, 4) is 0 Å². The molecule has 1 aromatic heterocycles. The molecule has 1 unspecified atom stereocenters. The predicted molar refractivity (Wildman–Crippen MR) is 54.1 cm³/mol.